The van der Waals surface area contributed by atoms with Crippen molar-refractivity contribution in [3.05, 3.63) is 76.6 Å². The van der Waals surface area contributed by atoms with Crippen molar-refractivity contribution in [3.8, 4) is 11.5 Å². The van der Waals surface area contributed by atoms with Crippen molar-refractivity contribution in [1.82, 2.24) is 20.8 Å². The Balaban J connectivity index is 1.83. The SMILES string of the molecule is CNC(=O)PC(C)Cc1cc(OC)c(OC)cc1C(=N)c1ccc(C(=O)NCc2ccn[nH]2)cc1. The summed E-state index contributed by atoms with van der Waals surface area (Å²) < 4.78 is 10.9. The molecule has 0 aliphatic rings. The molecule has 3 rings (SSSR count). The Morgan fingerprint density at radius 2 is 1.74 bits per heavy atom. The summed E-state index contributed by atoms with van der Waals surface area (Å²) in [6, 6.07) is 12.3. The molecule has 4 N–H and O–H groups in total. The van der Waals surface area contributed by atoms with Gasteiger partial charge in [-0.15, -0.1) is 0 Å². The van der Waals surface area contributed by atoms with Gasteiger partial charge in [-0.1, -0.05) is 19.1 Å². The van der Waals surface area contributed by atoms with E-state index in [1.165, 1.54) is 0 Å². The zero-order chi connectivity index (χ0) is 25.4. The lowest BCUT2D eigenvalue weighted by atomic mass is 9.94. The number of aromatic amines is 1. The largest absolute Gasteiger partial charge is 0.493 e. The number of hydrogen-bond acceptors (Lipinski definition) is 6. The van der Waals surface area contributed by atoms with Crippen molar-refractivity contribution in [2.24, 2.45) is 0 Å². The van der Waals surface area contributed by atoms with Crippen LogP contribution in [0.5, 0.6) is 11.5 Å². The highest BCUT2D eigenvalue weighted by Crippen LogP contribution is 2.34. The first-order valence-electron chi connectivity index (χ1n) is 11.0. The van der Waals surface area contributed by atoms with E-state index in [0.717, 1.165) is 11.3 Å². The second-order valence-electron chi connectivity index (χ2n) is 7.91. The highest BCUT2D eigenvalue weighted by atomic mass is 31.1. The van der Waals surface area contributed by atoms with Gasteiger partial charge in [0.25, 0.3) is 5.91 Å². The molecule has 2 atom stereocenters. The second kappa shape index (κ2) is 12.1. The van der Waals surface area contributed by atoms with E-state index in [1.807, 2.05) is 13.0 Å². The molecule has 1 aromatic heterocycles. The minimum atomic E-state index is -0.214. The fourth-order valence-corrected chi connectivity index (χ4v) is 4.52. The number of benzene rings is 2. The van der Waals surface area contributed by atoms with E-state index in [1.54, 1.807) is 63.9 Å². The number of amides is 2. The van der Waals surface area contributed by atoms with Crippen LogP contribution in [0, 0.1) is 5.41 Å². The van der Waals surface area contributed by atoms with Gasteiger partial charge in [-0.3, -0.25) is 20.1 Å². The number of nitrogens with one attached hydrogen (secondary N) is 4. The number of aromatic nitrogens is 2. The lowest BCUT2D eigenvalue weighted by Gasteiger charge is -2.18. The minimum Gasteiger partial charge on any atom is -0.493 e. The fraction of sp³-hybridized carbons (Fsp3) is 0.280. The Hall–Kier alpha value is -3.71. The number of carbonyl (C=O) groups is 2. The number of ether oxygens (including phenoxy) is 2. The molecule has 0 saturated carbocycles. The van der Waals surface area contributed by atoms with E-state index in [2.05, 4.69) is 20.8 Å². The van der Waals surface area contributed by atoms with Crippen LogP contribution >= 0.6 is 8.58 Å². The summed E-state index contributed by atoms with van der Waals surface area (Å²) >= 11 is 0. The number of nitrogens with zero attached hydrogens (tertiary/aromatic N) is 1. The topological polar surface area (TPSA) is 129 Å². The van der Waals surface area contributed by atoms with E-state index in [-0.39, 0.29) is 25.8 Å². The number of H-pyrrole nitrogens is 1. The summed E-state index contributed by atoms with van der Waals surface area (Å²) in [6.07, 6.45) is 2.22. The molecule has 2 amide bonds. The highest BCUT2D eigenvalue weighted by molar-refractivity contribution is 7.58. The molecule has 0 aliphatic carbocycles. The van der Waals surface area contributed by atoms with Crippen LogP contribution < -0.4 is 20.1 Å². The van der Waals surface area contributed by atoms with Crippen LogP contribution in [0.3, 0.4) is 0 Å². The van der Waals surface area contributed by atoms with Gasteiger partial charge in [-0.2, -0.15) is 5.10 Å². The molecule has 1 heterocycles. The maximum absolute atomic E-state index is 12.5. The molecule has 3 aromatic rings. The first-order valence-corrected chi connectivity index (χ1v) is 12.1. The molecule has 2 aromatic carbocycles. The van der Waals surface area contributed by atoms with Gasteiger partial charge in [0, 0.05) is 29.9 Å². The average molecular weight is 496 g/mol. The van der Waals surface area contributed by atoms with Crippen LogP contribution in [-0.4, -0.2) is 54.4 Å². The first kappa shape index (κ1) is 25.9. The molecule has 184 valence electrons. The summed E-state index contributed by atoms with van der Waals surface area (Å²) in [5.41, 5.74) is 3.91. The number of rotatable bonds is 11. The molecular formula is C25H30N5O4P. The van der Waals surface area contributed by atoms with Crippen LogP contribution in [0.4, 0.5) is 4.79 Å². The van der Waals surface area contributed by atoms with Gasteiger partial charge in [0.05, 0.1) is 32.2 Å². The fourth-order valence-electron chi connectivity index (χ4n) is 3.60. The third-order valence-electron chi connectivity index (χ3n) is 5.44. The van der Waals surface area contributed by atoms with E-state index >= 15 is 0 Å². The predicted molar refractivity (Wildman–Crippen MR) is 138 cm³/mol. The predicted octanol–water partition coefficient (Wildman–Crippen LogP) is 3.72. The molecule has 10 heteroatoms. The maximum atomic E-state index is 12.5. The smallest absolute Gasteiger partial charge is 0.251 e. The minimum absolute atomic E-state index is 0.00371. The van der Waals surface area contributed by atoms with Crippen molar-refractivity contribution in [1.29, 1.82) is 5.41 Å². The standard InChI is InChI=1S/C25H30N5O4P/c1-15(35-25(32)27-2)11-18-12-21(33-3)22(34-4)13-20(18)23(26)16-5-7-17(8-6-16)24(31)28-14-19-9-10-29-30-19/h5-10,12-13,15,26,35H,11,14H2,1-4H3,(H,27,32)(H,28,31)(H,29,30). The molecule has 0 fully saturated rings. The molecule has 0 radical (unpaired) electrons. The normalized spacial score (nSPS) is 11.8. The van der Waals surface area contributed by atoms with Gasteiger partial charge in [0.15, 0.2) is 11.5 Å². The average Bonchev–Trinajstić information content (AvgIpc) is 3.40. The summed E-state index contributed by atoms with van der Waals surface area (Å²) in [5, 5.41) is 21.1. The Kier molecular flexibility index (Phi) is 8.98. The van der Waals surface area contributed by atoms with Crippen LogP contribution in [0.2, 0.25) is 0 Å². The highest BCUT2D eigenvalue weighted by Gasteiger charge is 2.19. The van der Waals surface area contributed by atoms with Crippen molar-refractivity contribution >= 4 is 25.8 Å². The first-order chi connectivity index (χ1) is 16.9. The molecule has 0 saturated heterocycles. The third kappa shape index (κ3) is 6.67. The van der Waals surface area contributed by atoms with Crippen LogP contribution in [0.15, 0.2) is 48.7 Å². The Morgan fingerprint density at radius 3 is 2.34 bits per heavy atom. The lowest BCUT2D eigenvalue weighted by Crippen LogP contribution is -2.23. The number of methoxy groups -OCH3 is 2. The summed E-state index contributed by atoms with van der Waals surface area (Å²) in [6.45, 7) is 2.36. The summed E-state index contributed by atoms with van der Waals surface area (Å²) in [5.74, 6) is 0.875. The van der Waals surface area contributed by atoms with Crippen molar-refractivity contribution in [2.45, 2.75) is 25.5 Å². The third-order valence-corrected chi connectivity index (χ3v) is 6.65. The lowest BCUT2D eigenvalue weighted by molar-refractivity contribution is 0.0950. The summed E-state index contributed by atoms with van der Waals surface area (Å²) in [7, 11) is 4.85. The van der Waals surface area contributed by atoms with Gasteiger partial charge >= 0.3 is 0 Å². The van der Waals surface area contributed by atoms with E-state index in [4.69, 9.17) is 14.9 Å². The van der Waals surface area contributed by atoms with E-state index in [0.29, 0.717) is 46.9 Å². The zero-order valence-corrected chi connectivity index (χ0v) is 21.2. The second-order valence-corrected chi connectivity index (χ2v) is 9.64. The Labute approximate surface area is 206 Å². The van der Waals surface area contributed by atoms with Gasteiger partial charge in [0.1, 0.15) is 0 Å². The van der Waals surface area contributed by atoms with E-state index < -0.39 is 0 Å². The summed E-state index contributed by atoms with van der Waals surface area (Å²) in [4.78, 5) is 24.3. The van der Waals surface area contributed by atoms with Crippen molar-refractivity contribution < 1.29 is 19.1 Å². The van der Waals surface area contributed by atoms with Gasteiger partial charge in [0.2, 0.25) is 5.65 Å². The molecular weight excluding hydrogens is 465 g/mol. The monoisotopic (exact) mass is 495 g/mol. The molecule has 0 aliphatic heterocycles. The van der Waals surface area contributed by atoms with Gasteiger partial charge in [-0.25, -0.2) is 0 Å². The maximum Gasteiger partial charge on any atom is 0.251 e. The molecule has 2 unspecified atom stereocenters. The zero-order valence-electron chi connectivity index (χ0n) is 20.2. The van der Waals surface area contributed by atoms with Gasteiger partial charge in [-0.05, 0) is 56.6 Å². The van der Waals surface area contributed by atoms with Crippen LogP contribution in [-0.2, 0) is 13.0 Å². The molecule has 35 heavy (non-hydrogen) atoms. The van der Waals surface area contributed by atoms with Gasteiger partial charge < -0.3 is 20.1 Å². The number of hydrogen-bond donors (Lipinski definition) is 4. The van der Waals surface area contributed by atoms with Crippen LogP contribution in [0.1, 0.15) is 39.7 Å². The Bertz CT molecular complexity index is 1180. The van der Waals surface area contributed by atoms with E-state index in [9.17, 15) is 9.59 Å². The molecule has 9 nitrogen and oxygen atoms in total. The van der Waals surface area contributed by atoms with Crippen LogP contribution in [0.25, 0.3) is 0 Å². The quantitative estimate of drug-likeness (QED) is 0.238. The number of carbonyl (C=O) groups excluding carboxylic acids is 2. The Morgan fingerprint density at radius 1 is 1.09 bits per heavy atom. The molecule has 0 bridgehead atoms. The van der Waals surface area contributed by atoms with Crippen molar-refractivity contribution in [2.75, 3.05) is 21.3 Å². The molecule has 0 spiro atoms. The van der Waals surface area contributed by atoms with Crippen molar-refractivity contribution in [3.63, 3.8) is 0 Å².